The molecule has 216 valence electrons. The summed E-state index contributed by atoms with van der Waals surface area (Å²) in [6.45, 7) is 3.81. The highest BCUT2D eigenvalue weighted by atomic mass is 32.2. The minimum atomic E-state index is -0.461. The molecular formula is C33H28N4O3S3. The van der Waals surface area contributed by atoms with Gasteiger partial charge in [-0.1, -0.05) is 54.6 Å². The number of thioether (sulfide) groups is 1. The summed E-state index contributed by atoms with van der Waals surface area (Å²) in [5.41, 5.74) is 3.77. The first-order chi connectivity index (χ1) is 20.9. The topological polar surface area (TPSA) is 100 Å². The third-order valence-electron chi connectivity index (χ3n) is 6.23. The van der Waals surface area contributed by atoms with Crippen molar-refractivity contribution in [2.24, 2.45) is 0 Å². The van der Waals surface area contributed by atoms with Crippen molar-refractivity contribution in [3.63, 3.8) is 0 Å². The van der Waals surface area contributed by atoms with Crippen LogP contribution in [0, 0.1) is 6.92 Å². The zero-order chi connectivity index (χ0) is 30.2. The first-order valence-corrected chi connectivity index (χ1v) is 16.0. The predicted octanol–water partition coefficient (Wildman–Crippen LogP) is 7.71. The summed E-state index contributed by atoms with van der Waals surface area (Å²) in [7, 11) is 0. The Kier molecular flexibility index (Phi) is 9.83. The molecule has 5 rings (SSSR count). The maximum atomic E-state index is 13.3. The van der Waals surface area contributed by atoms with Gasteiger partial charge in [-0.15, -0.1) is 23.1 Å². The lowest BCUT2D eigenvalue weighted by Crippen LogP contribution is -2.30. The molecule has 2 aromatic heterocycles. The predicted molar refractivity (Wildman–Crippen MR) is 178 cm³/mol. The Labute approximate surface area is 262 Å². The van der Waals surface area contributed by atoms with E-state index >= 15 is 0 Å². The molecule has 0 aliphatic heterocycles. The van der Waals surface area contributed by atoms with E-state index in [-0.39, 0.29) is 17.5 Å². The number of amides is 3. The van der Waals surface area contributed by atoms with Crippen molar-refractivity contribution in [2.45, 2.75) is 24.0 Å². The molecule has 1 atom stereocenters. The molecular weight excluding hydrogens is 597 g/mol. The van der Waals surface area contributed by atoms with Gasteiger partial charge in [0.1, 0.15) is 5.70 Å². The van der Waals surface area contributed by atoms with Gasteiger partial charge in [0.25, 0.3) is 11.8 Å². The van der Waals surface area contributed by atoms with Crippen molar-refractivity contribution in [1.82, 2.24) is 10.3 Å². The Balaban J connectivity index is 1.24. The number of aryl methyl sites for hydroxylation is 1. The number of rotatable bonds is 10. The molecule has 0 saturated carbocycles. The highest BCUT2D eigenvalue weighted by Gasteiger charge is 2.19. The van der Waals surface area contributed by atoms with E-state index < -0.39 is 11.2 Å². The monoisotopic (exact) mass is 624 g/mol. The normalized spacial score (nSPS) is 11.9. The SMILES string of the molecule is Cc1sc(NC(=O)C(C)Sc2cccc(NC(=O)/C(=C/c3ccsc3)NC(=O)c3ccccc3)c2)nc1-c1ccccc1. The minimum Gasteiger partial charge on any atom is -0.321 e. The molecule has 0 spiro atoms. The van der Waals surface area contributed by atoms with Crippen LogP contribution < -0.4 is 16.0 Å². The number of carbonyl (C=O) groups is 3. The number of hydrogen-bond donors (Lipinski definition) is 3. The zero-order valence-corrected chi connectivity index (χ0v) is 25.8. The number of thiophene rings is 1. The van der Waals surface area contributed by atoms with Crippen molar-refractivity contribution in [2.75, 3.05) is 10.6 Å². The van der Waals surface area contributed by atoms with E-state index in [9.17, 15) is 14.4 Å². The number of hydrogen-bond acceptors (Lipinski definition) is 7. The Morgan fingerprint density at radius 3 is 2.37 bits per heavy atom. The van der Waals surface area contributed by atoms with Crippen LogP contribution >= 0.6 is 34.4 Å². The first-order valence-electron chi connectivity index (χ1n) is 13.4. The highest BCUT2D eigenvalue weighted by molar-refractivity contribution is 8.00. The lowest BCUT2D eigenvalue weighted by atomic mass is 10.1. The quantitative estimate of drug-likeness (QED) is 0.109. The fraction of sp³-hybridized carbons (Fsp3) is 0.0909. The van der Waals surface area contributed by atoms with Gasteiger partial charge in [0, 0.05) is 26.6 Å². The average Bonchev–Trinajstić information content (AvgIpc) is 3.67. The molecule has 0 bridgehead atoms. The second kappa shape index (κ2) is 14.1. The molecule has 10 heteroatoms. The second-order valence-electron chi connectivity index (χ2n) is 9.46. The van der Waals surface area contributed by atoms with E-state index in [1.165, 1.54) is 34.4 Å². The van der Waals surface area contributed by atoms with Gasteiger partial charge in [0.15, 0.2) is 5.13 Å². The van der Waals surface area contributed by atoms with Crippen molar-refractivity contribution in [3.8, 4) is 11.3 Å². The molecule has 2 heterocycles. The average molecular weight is 625 g/mol. The lowest BCUT2D eigenvalue weighted by Gasteiger charge is -2.13. The standard InChI is InChI=1S/C33H28N4O3S3/c1-21-29(24-10-5-3-6-11-24)36-33(43-21)37-30(38)22(2)42-27-15-9-14-26(19-27)34-32(40)28(18-23-16-17-41-20-23)35-31(39)25-12-7-4-8-13-25/h3-20,22H,1-2H3,(H,34,40)(H,35,39)(H,36,37,38)/b28-18-. The molecule has 0 aliphatic carbocycles. The van der Waals surface area contributed by atoms with Crippen LogP contribution in [-0.2, 0) is 9.59 Å². The molecule has 7 nitrogen and oxygen atoms in total. The fourth-order valence-electron chi connectivity index (χ4n) is 4.09. The van der Waals surface area contributed by atoms with Crippen LogP contribution in [0.2, 0.25) is 0 Å². The van der Waals surface area contributed by atoms with E-state index in [0.29, 0.717) is 16.4 Å². The van der Waals surface area contributed by atoms with Crippen molar-refractivity contribution in [1.29, 1.82) is 0 Å². The van der Waals surface area contributed by atoms with Gasteiger partial charge < -0.3 is 16.0 Å². The van der Waals surface area contributed by atoms with Gasteiger partial charge in [0.05, 0.1) is 10.9 Å². The maximum absolute atomic E-state index is 13.3. The zero-order valence-electron chi connectivity index (χ0n) is 23.4. The summed E-state index contributed by atoms with van der Waals surface area (Å²) in [6, 6.07) is 27.7. The number of thiazole rings is 1. The third kappa shape index (κ3) is 8.07. The number of aromatic nitrogens is 1. The summed E-state index contributed by atoms with van der Waals surface area (Å²) < 4.78 is 0. The Morgan fingerprint density at radius 2 is 1.65 bits per heavy atom. The number of anilines is 2. The summed E-state index contributed by atoms with van der Waals surface area (Å²) in [5, 5.41) is 12.5. The van der Waals surface area contributed by atoms with Crippen molar-refractivity contribution in [3.05, 3.63) is 123 Å². The molecule has 0 fully saturated rings. The van der Waals surface area contributed by atoms with Gasteiger partial charge in [0.2, 0.25) is 5.91 Å². The molecule has 0 aliphatic rings. The molecule has 43 heavy (non-hydrogen) atoms. The van der Waals surface area contributed by atoms with E-state index in [1.54, 1.807) is 42.5 Å². The van der Waals surface area contributed by atoms with E-state index in [4.69, 9.17) is 0 Å². The molecule has 0 saturated heterocycles. The molecule has 5 aromatic rings. The third-order valence-corrected chi connectivity index (χ3v) is 8.91. The first kappa shape index (κ1) is 30.0. The second-order valence-corrected chi connectivity index (χ2v) is 12.9. The van der Waals surface area contributed by atoms with Crippen molar-refractivity contribution >= 4 is 69.1 Å². The number of nitrogens with one attached hydrogen (secondary N) is 3. The van der Waals surface area contributed by atoms with Gasteiger partial charge in [-0.05, 0) is 72.6 Å². The smallest absolute Gasteiger partial charge is 0.272 e. The molecule has 3 amide bonds. The Hall–Kier alpha value is -4.51. The van der Waals surface area contributed by atoms with E-state index in [2.05, 4.69) is 20.9 Å². The molecule has 0 radical (unpaired) electrons. The summed E-state index contributed by atoms with van der Waals surface area (Å²) >= 11 is 4.31. The fourth-order valence-corrected chi connectivity index (χ4v) is 6.47. The Morgan fingerprint density at radius 1 is 0.907 bits per heavy atom. The maximum Gasteiger partial charge on any atom is 0.272 e. The Bertz CT molecular complexity index is 1750. The summed E-state index contributed by atoms with van der Waals surface area (Å²) in [4.78, 5) is 45.6. The van der Waals surface area contributed by atoms with Crippen LogP contribution in [0.25, 0.3) is 17.3 Å². The molecule has 3 N–H and O–H groups in total. The van der Waals surface area contributed by atoms with Crippen LogP contribution in [0.5, 0.6) is 0 Å². The summed E-state index contributed by atoms with van der Waals surface area (Å²) in [5.74, 6) is -1.01. The van der Waals surface area contributed by atoms with E-state index in [0.717, 1.165) is 26.6 Å². The lowest BCUT2D eigenvalue weighted by molar-refractivity contribution is -0.115. The molecule has 1 unspecified atom stereocenters. The van der Waals surface area contributed by atoms with Crippen molar-refractivity contribution < 1.29 is 14.4 Å². The number of nitrogens with zero attached hydrogens (tertiary/aromatic N) is 1. The number of benzene rings is 3. The van der Waals surface area contributed by atoms with Gasteiger partial charge in [-0.2, -0.15) is 11.3 Å². The molecule has 3 aromatic carbocycles. The van der Waals surface area contributed by atoms with E-state index in [1.807, 2.05) is 79.2 Å². The van der Waals surface area contributed by atoms with Crippen LogP contribution in [0.1, 0.15) is 27.7 Å². The van der Waals surface area contributed by atoms with Crippen LogP contribution in [0.15, 0.2) is 112 Å². The van der Waals surface area contributed by atoms with Crippen LogP contribution in [-0.4, -0.2) is 28.0 Å². The number of carbonyl (C=O) groups excluding carboxylic acids is 3. The van der Waals surface area contributed by atoms with Crippen LogP contribution in [0.3, 0.4) is 0 Å². The van der Waals surface area contributed by atoms with Gasteiger partial charge in [-0.3, -0.25) is 14.4 Å². The van der Waals surface area contributed by atoms with Crippen LogP contribution in [0.4, 0.5) is 10.8 Å². The largest absolute Gasteiger partial charge is 0.321 e. The highest BCUT2D eigenvalue weighted by Crippen LogP contribution is 2.32. The summed E-state index contributed by atoms with van der Waals surface area (Å²) in [6.07, 6.45) is 1.64. The van der Waals surface area contributed by atoms with Gasteiger partial charge >= 0.3 is 0 Å². The minimum absolute atomic E-state index is 0.117. The van der Waals surface area contributed by atoms with Gasteiger partial charge in [-0.25, -0.2) is 4.98 Å².